The van der Waals surface area contributed by atoms with Crippen molar-refractivity contribution in [2.75, 3.05) is 16.3 Å². The molecule has 0 saturated carbocycles. The minimum absolute atomic E-state index is 0.101. The lowest BCUT2D eigenvalue weighted by Gasteiger charge is -2.29. The molecule has 6 heteroatoms. The van der Waals surface area contributed by atoms with Crippen molar-refractivity contribution in [2.45, 2.75) is 24.3 Å². The van der Waals surface area contributed by atoms with Gasteiger partial charge in [-0.15, -0.1) is 0 Å². The summed E-state index contributed by atoms with van der Waals surface area (Å²) < 4.78 is 27.6. The van der Waals surface area contributed by atoms with Crippen LogP contribution in [0, 0.1) is 0 Å². The number of para-hydroxylation sites is 2. The van der Waals surface area contributed by atoms with Crippen LogP contribution in [0.5, 0.6) is 0 Å². The lowest BCUT2D eigenvalue weighted by atomic mass is 10.2. The van der Waals surface area contributed by atoms with Crippen molar-refractivity contribution in [3.63, 3.8) is 0 Å². The molecule has 0 radical (unpaired) electrons. The summed E-state index contributed by atoms with van der Waals surface area (Å²) in [5.41, 5.74) is 1.12. The van der Waals surface area contributed by atoms with E-state index >= 15 is 0 Å². The fraction of sp³-hybridized carbons (Fsp3) is 0.235. The van der Waals surface area contributed by atoms with Crippen LogP contribution >= 0.6 is 0 Å². The molecule has 120 valence electrons. The van der Waals surface area contributed by atoms with E-state index in [9.17, 15) is 13.2 Å². The largest absolute Gasteiger partial charge is 0.313 e. The van der Waals surface area contributed by atoms with Crippen molar-refractivity contribution in [3.8, 4) is 0 Å². The second-order valence-corrected chi connectivity index (χ2v) is 7.42. The van der Waals surface area contributed by atoms with E-state index in [-0.39, 0.29) is 17.2 Å². The van der Waals surface area contributed by atoms with E-state index in [2.05, 4.69) is 0 Å². The molecule has 0 fully saturated rings. The van der Waals surface area contributed by atoms with Gasteiger partial charge in [0.25, 0.3) is 10.0 Å². The fourth-order valence-electron chi connectivity index (χ4n) is 2.85. The van der Waals surface area contributed by atoms with Gasteiger partial charge >= 0.3 is 0 Å². The van der Waals surface area contributed by atoms with Crippen LogP contribution in [-0.2, 0) is 14.8 Å². The third-order valence-corrected chi connectivity index (χ3v) is 5.97. The summed E-state index contributed by atoms with van der Waals surface area (Å²) >= 11 is 0. The van der Waals surface area contributed by atoms with Crippen molar-refractivity contribution < 1.29 is 13.2 Å². The predicted molar refractivity (Wildman–Crippen MR) is 90.0 cm³/mol. The van der Waals surface area contributed by atoms with Gasteiger partial charge in [0.05, 0.1) is 22.3 Å². The number of carbonyl (C=O) groups is 1. The number of amides is 1. The van der Waals surface area contributed by atoms with Crippen molar-refractivity contribution in [2.24, 2.45) is 0 Å². The minimum Gasteiger partial charge on any atom is -0.313 e. The van der Waals surface area contributed by atoms with Crippen molar-refractivity contribution >= 4 is 27.3 Å². The first-order valence-corrected chi connectivity index (χ1v) is 8.82. The second-order valence-electron chi connectivity index (χ2n) is 5.61. The molecule has 1 aliphatic heterocycles. The van der Waals surface area contributed by atoms with Crippen molar-refractivity contribution in [1.82, 2.24) is 0 Å². The van der Waals surface area contributed by atoms with E-state index in [1.54, 1.807) is 68.6 Å². The Morgan fingerprint density at radius 1 is 0.957 bits per heavy atom. The molecule has 2 aromatic rings. The molecule has 2 aromatic carbocycles. The Morgan fingerprint density at radius 2 is 1.52 bits per heavy atom. The minimum atomic E-state index is -3.74. The highest BCUT2D eigenvalue weighted by Gasteiger charge is 2.36. The van der Waals surface area contributed by atoms with Gasteiger partial charge in [-0.1, -0.05) is 30.3 Å². The normalized spacial score (nSPS) is 18.5. The maximum Gasteiger partial charge on any atom is 0.264 e. The van der Waals surface area contributed by atoms with Crippen molar-refractivity contribution in [1.29, 1.82) is 0 Å². The van der Waals surface area contributed by atoms with Crippen LogP contribution in [-0.4, -0.2) is 27.4 Å². The summed E-state index contributed by atoms with van der Waals surface area (Å²) in [6.45, 7) is 1.76. The molecule has 23 heavy (non-hydrogen) atoms. The number of hydrogen-bond donors (Lipinski definition) is 0. The van der Waals surface area contributed by atoms with Crippen LogP contribution < -0.4 is 9.21 Å². The predicted octanol–water partition coefficient (Wildman–Crippen LogP) is 2.64. The number of nitrogens with zero attached hydrogens (tertiary/aromatic N) is 2. The molecule has 0 aliphatic carbocycles. The Hall–Kier alpha value is -2.34. The summed E-state index contributed by atoms with van der Waals surface area (Å²) in [5.74, 6) is -0.101. The van der Waals surface area contributed by atoms with Gasteiger partial charge in [0.15, 0.2) is 0 Å². The van der Waals surface area contributed by atoms with Crippen molar-refractivity contribution in [3.05, 3.63) is 54.6 Å². The smallest absolute Gasteiger partial charge is 0.264 e. The van der Waals surface area contributed by atoms with Crippen LogP contribution in [0.4, 0.5) is 11.4 Å². The molecular formula is C17H18N2O3S. The molecule has 0 aromatic heterocycles. The monoisotopic (exact) mass is 330 g/mol. The Labute approximate surface area is 136 Å². The average Bonchev–Trinajstić information content (AvgIpc) is 2.64. The van der Waals surface area contributed by atoms with E-state index in [0.29, 0.717) is 11.4 Å². The number of rotatable bonds is 2. The third kappa shape index (κ3) is 2.59. The molecule has 0 N–H and O–H groups in total. The van der Waals surface area contributed by atoms with Crippen LogP contribution in [0.15, 0.2) is 59.5 Å². The van der Waals surface area contributed by atoms with Gasteiger partial charge in [-0.25, -0.2) is 8.42 Å². The Bertz CT molecular complexity index is 834. The zero-order chi connectivity index (χ0) is 16.6. The van der Waals surface area contributed by atoms with Gasteiger partial charge in [-0.2, -0.15) is 0 Å². The topological polar surface area (TPSA) is 57.7 Å². The molecule has 1 aliphatic rings. The summed E-state index contributed by atoms with van der Waals surface area (Å²) in [5, 5.41) is 0. The van der Waals surface area contributed by atoms with Crippen LogP contribution in [0.1, 0.15) is 13.3 Å². The molecule has 1 unspecified atom stereocenters. The van der Waals surface area contributed by atoms with E-state index in [1.807, 2.05) is 0 Å². The van der Waals surface area contributed by atoms with Crippen LogP contribution in [0.25, 0.3) is 0 Å². The molecule has 1 atom stereocenters. The SMILES string of the molecule is CC1CC(=O)N(C)c2ccccc2N1S(=O)(=O)c1ccccc1. The van der Waals surface area contributed by atoms with Crippen LogP contribution in [0.3, 0.4) is 0 Å². The number of anilines is 2. The molecule has 5 nitrogen and oxygen atoms in total. The number of carbonyl (C=O) groups excluding carboxylic acids is 1. The van der Waals surface area contributed by atoms with Crippen LogP contribution in [0.2, 0.25) is 0 Å². The first-order valence-electron chi connectivity index (χ1n) is 7.38. The molecule has 3 rings (SSSR count). The first-order chi connectivity index (χ1) is 10.9. The van der Waals surface area contributed by atoms with Gasteiger partial charge in [0.2, 0.25) is 5.91 Å². The van der Waals surface area contributed by atoms with Gasteiger partial charge in [0, 0.05) is 13.5 Å². The molecule has 0 bridgehead atoms. The Balaban J connectivity index is 2.22. The summed E-state index contributed by atoms with van der Waals surface area (Å²) in [4.78, 5) is 14.0. The maximum absolute atomic E-state index is 13.1. The highest BCUT2D eigenvalue weighted by molar-refractivity contribution is 7.92. The van der Waals surface area contributed by atoms with E-state index < -0.39 is 16.1 Å². The number of fused-ring (bicyclic) bond motifs is 1. The molecule has 0 spiro atoms. The molecule has 0 saturated heterocycles. The summed E-state index contributed by atoms with van der Waals surface area (Å²) in [6, 6.07) is 14.9. The van der Waals surface area contributed by atoms with Gasteiger partial charge < -0.3 is 4.90 Å². The standard InChI is InChI=1S/C17H18N2O3S/c1-13-12-17(20)18(2)15-10-6-7-11-16(15)19(13)23(21,22)14-8-4-3-5-9-14/h3-11,13H,12H2,1-2H3. The quantitative estimate of drug-likeness (QED) is 0.850. The zero-order valence-corrected chi connectivity index (χ0v) is 13.8. The van der Waals surface area contributed by atoms with E-state index in [0.717, 1.165) is 0 Å². The molecule has 1 heterocycles. The average molecular weight is 330 g/mol. The first kappa shape index (κ1) is 15.6. The summed E-state index contributed by atoms with van der Waals surface area (Å²) in [7, 11) is -2.07. The van der Waals surface area contributed by atoms with E-state index in [1.165, 1.54) is 9.21 Å². The lowest BCUT2D eigenvalue weighted by molar-refractivity contribution is -0.118. The highest BCUT2D eigenvalue weighted by atomic mass is 32.2. The Kier molecular flexibility index (Phi) is 3.85. The lowest BCUT2D eigenvalue weighted by Crippen LogP contribution is -2.39. The molecule has 1 amide bonds. The number of benzene rings is 2. The fourth-order valence-corrected chi connectivity index (χ4v) is 4.54. The number of sulfonamides is 1. The van der Waals surface area contributed by atoms with Gasteiger partial charge in [-0.3, -0.25) is 9.10 Å². The van der Waals surface area contributed by atoms with Gasteiger partial charge in [-0.05, 0) is 31.2 Å². The zero-order valence-electron chi connectivity index (χ0n) is 13.0. The third-order valence-electron chi connectivity index (χ3n) is 4.02. The Morgan fingerprint density at radius 3 is 2.17 bits per heavy atom. The van der Waals surface area contributed by atoms with E-state index in [4.69, 9.17) is 0 Å². The second kappa shape index (κ2) is 5.70. The summed E-state index contributed by atoms with van der Waals surface area (Å²) in [6.07, 6.45) is 0.136. The van der Waals surface area contributed by atoms with Gasteiger partial charge in [0.1, 0.15) is 0 Å². The highest BCUT2D eigenvalue weighted by Crippen LogP contribution is 2.37. The maximum atomic E-state index is 13.1. The number of hydrogen-bond acceptors (Lipinski definition) is 3. The molecular weight excluding hydrogens is 312 g/mol.